The lowest BCUT2D eigenvalue weighted by atomic mass is 9.96. The van der Waals surface area contributed by atoms with Crippen molar-refractivity contribution in [3.63, 3.8) is 0 Å². The topological polar surface area (TPSA) is 53.0 Å². The van der Waals surface area contributed by atoms with E-state index in [-0.39, 0.29) is 5.56 Å². The summed E-state index contributed by atoms with van der Waals surface area (Å²) < 4.78 is 13.5. The molecule has 3 nitrogen and oxygen atoms in total. The van der Waals surface area contributed by atoms with Gasteiger partial charge < -0.3 is 10.6 Å². The van der Waals surface area contributed by atoms with Crippen LogP contribution in [0.3, 0.4) is 0 Å². The lowest BCUT2D eigenvalue weighted by Gasteiger charge is -2.33. The molecule has 1 saturated heterocycles. The molecular weight excluding hydrogens is 217 g/mol. The number of hydrogen-bond acceptors (Lipinski definition) is 3. The van der Waals surface area contributed by atoms with E-state index >= 15 is 0 Å². The molecule has 0 bridgehead atoms. The molecule has 2 N–H and O–H groups in total. The summed E-state index contributed by atoms with van der Waals surface area (Å²) in [5, 5.41) is 8.67. The minimum Gasteiger partial charge on any atom is -0.371 e. The van der Waals surface area contributed by atoms with Crippen molar-refractivity contribution >= 4 is 5.69 Å². The molecule has 0 radical (unpaired) electrons. The van der Waals surface area contributed by atoms with Crippen LogP contribution in [-0.2, 0) is 0 Å². The number of anilines is 1. The minimum atomic E-state index is -0.439. The van der Waals surface area contributed by atoms with Crippen LogP contribution >= 0.6 is 0 Å². The molecule has 1 aliphatic rings. The van der Waals surface area contributed by atoms with Crippen molar-refractivity contribution in [2.75, 3.05) is 24.5 Å². The third-order valence-corrected chi connectivity index (χ3v) is 3.39. The molecule has 4 heteroatoms. The molecule has 0 amide bonds. The Bertz CT molecular complexity index is 431. The van der Waals surface area contributed by atoms with E-state index < -0.39 is 5.82 Å². The first-order valence-corrected chi connectivity index (χ1v) is 5.89. The average Bonchev–Trinajstić information content (AvgIpc) is 2.39. The highest BCUT2D eigenvalue weighted by molar-refractivity contribution is 5.50. The second-order valence-electron chi connectivity index (χ2n) is 4.44. The number of nitrogens with two attached hydrogens (primary N) is 1. The molecule has 0 atom stereocenters. The van der Waals surface area contributed by atoms with Crippen LogP contribution in [0, 0.1) is 23.1 Å². The molecule has 0 unspecified atom stereocenters. The van der Waals surface area contributed by atoms with Crippen molar-refractivity contribution in [3.05, 3.63) is 29.6 Å². The number of nitriles is 1. The Balaban J connectivity index is 2.09. The summed E-state index contributed by atoms with van der Waals surface area (Å²) >= 11 is 0. The number of piperidine rings is 1. The SMILES string of the molecule is N#Cc1ccc(N2CCC(CN)CC2)cc1F. The second-order valence-corrected chi connectivity index (χ2v) is 4.44. The van der Waals surface area contributed by atoms with E-state index in [9.17, 15) is 4.39 Å². The lowest BCUT2D eigenvalue weighted by Crippen LogP contribution is -2.36. The summed E-state index contributed by atoms with van der Waals surface area (Å²) in [7, 11) is 0. The van der Waals surface area contributed by atoms with Gasteiger partial charge in [-0.15, -0.1) is 0 Å². The van der Waals surface area contributed by atoms with E-state index in [0.29, 0.717) is 5.92 Å². The predicted molar refractivity (Wildman–Crippen MR) is 65.1 cm³/mol. The fraction of sp³-hybridized carbons (Fsp3) is 0.462. The predicted octanol–water partition coefficient (Wildman–Crippen LogP) is 1.87. The molecule has 1 heterocycles. The Morgan fingerprint density at radius 3 is 2.65 bits per heavy atom. The highest BCUT2D eigenvalue weighted by Crippen LogP contribution is 2.24. The van der Waals surface area contributed by atoms with Gasteiger partial charge in [0.1, 0.15) is 11.9 Å². The van der Waals surface area contributed by atoms with Gasteiger partial charge >= 0.3 is 0 Å². The molecule has 2 rings (SSSR count). The summed E-state index contributed by atoms with van der Waals surface area (Å²) in [6.45, 7) is 2.55. The fourth-order valence-corrected chi connectivity index (χ4v) is 2.22. The monoisotopic (exact) mass is 233 g/mol. The minimum absolute atomic E-state index is 0.102. The van der Waals surface area contributed by atoms with Crippen molar-refractivity contribution < 1.29 is 4.39 Å². The largest absolute Gasteiger partial charge is 0.371 e. The summed E-state index contributed by atoms with van der Waals surface area (Å²) in [6.07, 6.45) is 2.11. The van der Waals surface area contributed by atoms with Crippen molar-refractivity contribution in [2.24, 2.45) is 11.7 Å². The summed E-state index contributed by atoms with van der Waals surface area (Å²) in [6, 6.07) is 6.63. The van der Waals surface area contributed by atoms with Gasteiger partial charge in [0, 0.05) is 18.8 Å². The molecule has 1 fully saturated rings. The van der Waals surface area contributed by atoms with Crippen LogP contribution in [0.5, 0.6) is 0 Å². The first-order chi connectivity index (χ1) is 8.24. The van der Waals surface area contributed by atoms with E-state index in [4.69, 9.17) is 11.0 Å². The normalized spacial score (nSPS) is 16.9. The van der Waals surface area contributed by atoms with Gasteiger partial charge in [-0.05, 0) is 43.5 Å². The van der Waals surface area contributed by atoms with Crippen LogP contribution in [0.2, 0.25) is 0 Å². The maximum atomic E-state index is 13.5. The first kappa shape index (κ1) is 11.9. The molecule has 17 heavy (non-hydrogen) atoms. The highest BCUT2D eigenvalue weighted by atomic mass is 19.1. The van der Waals surface area contributed by atoms with Crippen molar-refractivity contribution in [2.45, 2.75) is 12.8 Å². The van der Waals surface area contributed by atoms with Gasteiger partial charge in [0.2, 0.25) is 0 Å². The van der Waals surface area contributed by atoms with Gasteiger partial charge in [-0.25, -0.2) is 4.39 Å². The molecule has 1 aliphatic heterocycles. The van der Waals surface area contributed by atoms with Gasteiger partial charge in [0.05, 0.1) is 5.56 Å². The van der Waals surface area contributed by atoms with Crippen LogP contribution in [0.25, 0.3) is 0 Å². The van der Waals surface area contributed by atoms with E-state index in [2.05, 4.69) is 4.90 Å². The van der Waals surface area contributed by atoms with Gasteiger partial charge in [-0.3, -0.25) is 0 Å². The molecule has 1 aromatic rings. The molecule has 0 aromatic heterocycles. The maximum absolute atomic E-state index is 13.5. The zero-order valence-electron chi connectivity index (χ0n) is 9.69. The van der Waals surface area contributed by atoms with E-state index in [1.807, 2.05) is 12.1 Å². The molecule has 0 saturated carbocycles. The van der Waals surface area contributed by atoms with E-state index in [1.165, 1.54) is 6.07 Å². The summed E-state index contributed by atoms with van der Waals surface area (Å²) in [5.74, 6) is 0.153. The van der Waals surface area contributed by atoms with Gasteiger partial charge in [0.15, 0.2) is 0 Å². The van der Waals surface area contributed by atoms with Crippen LogP contribution < -0.4 is 10.6 Å². The van der Waals surface area contributed by atoms with Crippen LogP contribution in [0.4, 0.5) is 10.1 Å². The quantitative estimate of drug-likeness (QED) is 0.848. The smallest absolute Gasteiger partial charge is 0.143 e. The Morgan fingerprint density at radius 2 is 2.12 bits per heavy atom. The Kier molecular flexibility index (Phi) is 3.60. The Morgan fingerprint density at radius 1 is 1.41 bits per heavy atom. The average molecular weight is 233 g/mol. The zero-order chi connectivity index (χ0) is 12.3. The molecule has 90 valence electrons. The molecule has 0 aliphatic carbocycles. The molecule has 0 spiro atoms. The van der Waals surface area contributed by atoms with Crippen molar-refractivity contribution in [1.29, 1.82) is 5.26 Å². The van der Waals surface area contributed by atoms with Gasteiger partial charge in [-0.2, -0.15) is 5.26 Å². The van der Waals surface area contributed by atoms with Crippen LogP contribution in [-0.4, -0.2) is 19.6 Å². The Labute approximate surface area is 101 Å². The molecule has 1 aromatic carbocycles. The maximum Gasteiger partial charge on any atom is 0.143 e. The van der Waals surface area contributed by atoms with Gasteiger partial charge in [0.25, 0.3) is 0 Å². The number of halogens is 1. The lowest BCUT2D eigenvalue weighted by molar-refractivity contribution is 0.414. The number of benzene rings is 1. The zero-order valence-corrected chi connectivity index (χ0v) is 9.69. The molecular formula is C13H16FN3. The second kappa shape index (κ2) is 5.15. The number of hydrogen-bond donors (Lipinski definition) is 1. The Hall–Kier alpha value is -1.60. The van der Waals surface area contributed by atoms with Crippen molar-refractivity contribution in [1.82, 2.24) is 0 Å². The van der Waals surface area contributed by atoms with Crippen LogP contribution in [0.1, 0.15) is 18.4 Å². The fourth-order valence-electron chi connectivity index (χ4n) is 2.22. The van der Waals surface area contributed by atoms with Crippen molar-refractivity contribution in [3.8, 4) is 6.07 Å². The third kappa shape index (κ3) is 2.56. The van der Waals surface area contributed by atoms with E-state index in [0.717, 1.165) is 38.2 Å². The van der Waals surface area contributed by atoms with E-state index in [1.54, 1.807) is 6.07 Å². The highest BCUT2D eigenvalue weighted by Gasteiger charge is 2.18. The van der Waals surface area contributed by atoms with Gasteiger partial charge in [-0.1, -0.05) is 0 Å². The summed E-state index contributed by atoms with van der Waals surface area (Å²) in [5.41, 5.74) is 6.60. The first-order valence-electron chi connectivity index (χ1n) is 5.89. The standard InChI is InChI=1S/C13H16FN3/c14-13-7-12(2-1-11(13)9-16)17-5-3-10(8-15)4-6-17/h1-2,7,10H,3-6,8,15H2. The third-order valence-electron chi connectivity index (χ3n) is 3.39. The number of nitrogens with zero attached hydrogens (tertiary/aromatic N) is 2. The number of rotatable bonds is 2. The summed E-state index contributed by atoms with van der Waals surface area (Å²) in [4.78, 5) is 2.15. The van der Waals surface area contributed by atoms with Crippen LogP contribution in [0.15, 0.2) is 18.2 Å².